The molecule has 1 N–H and O–H groups in total. The Morgan fingerprint density at radius 3 is 2.32 bits per heavy atom. The van der Waals surface area contributed by atoms with E-state index in [4.69, 9.17) is 0 Å². The average Bonchev–Trinajstić information content (AvgIpc) is 2.71. The Labute approximate surface area is 112 Å². The van der Waals surface area contributed by atoms with E-state index < -0.39 is 16.8 Å². The highest BCUT2D eigenvalue weighted by Crippen LogP contribution is 2.39. The Morgan fingerprint density at radius 2 is 1.84 bits per heavy atom. The largest absolute Gasteiger partial charge is 0.433 e. The first-order valence-corrected chi connectivity index (χ1v) is 5.66. The molecule has 0 fully saturated rings. The number of nitro groups is 1. The van der Waals surface area contributed by atoms with Crippen LogP contribution in [0.2, 0.25) is 0 Å². The van der Waals surface area contributed by atoms with E-state index in [2.05, 4.69) is 21.0 Å². The van der Waals surface area contributed by atoms with Crippen molar-refractivity contribution >= 4 is 21.6 Å². The molecule has 1 aromatic heterocycles. The number of benzene rings is 1. The summed E-state index contributed by atoms with van der Waals surface area (Å²) in [6.07, 6.45) is -4.59. The third-order valence-electron chi connectivity index (χ3n) is 2.37. The second-order valence-electron chi connectivity index (χ2n) is 3.57. The van der Waals surface area contributed by atoms with E-state index in [1.54, 1.807) is 0 Å². The van der Waals surface area contributed by atoms with Gasteiger partial charge in [0.05, 0.1) is 4.92 Å². The zero-order chi connectivity index (χ0) is 14.2. The van der Waals surface area contributed by atoms with Crippen LogP contribution in [0.4, 0.5) is 18.9 Å². The lowest BCUT2D eigenvalue weighted by Gasteiger charge is -2.07. The average molecular weight is 336 g/mol. The molecule has 0 aliphatic heterocycles. The SMILES string of the molecule is O=[N+]([O-])c1ccc(-c2c(Br)n[nH]c2C(F)(F)F)cc1. The number of aromatic amines is 1. The quantitative estimate of drug-likeness (QED) is 0.670. The fourth-order valence-electron chi connectivity index (χ4n) is 1.54. The molecule has 0 spiro atoms. The maximum Gasteiger partial charge on any atom is 0.433 e. The van der Waals surface area contributed by atoms with Gasteiger partial charge in [0.15, 0.2) is 0 Å². The standard InChI is InChI=1S/C10H5BrF3N3O2/c11-9-7(8(15-16-9)10(12,13)14)5-1-3-6(4-2-5)17(18)19/h1-4H,(H,15,16). The van der Waals surface area contributed by atoms with Gasteiger partial charge in [0.2, 0.25) is 0 Å². The van der Waals surface area contributed by atoms with Crippen LogP contribution < -0.4 is 0 Å². The predicted octanol–water partition coefficient (Wildman–Crippen LogP) is 3.77. The van der Waals surface area contributed by atoms with Crippen LogP contribution in [-0.2, 0) is 6.18 Å². The van der Waals surface area contributed by atoms with Crippen molar-refractivity contribution in [3.63, 3.8) is 0 Å². The van der Waals surface area contributed by atoms with Gasteiger partial charge in [-0.05, 0) is 33.6 Å². The van der Waals surface area contributed by atoms with E-state index in [1.165, 1.54) is 12.1 Å². The molecule has 0 amide bonds. The van der Waals surface area contributed by atoms with E-state index in [9.17, 15) is 23.3 Å². The first-order valence-electron chi connectivity index (χ1n) is 4.86. The zero-order valence-corrected chi connectivity index (χ0v) is 10.6. The second kappa shape index (κ2) is 4.65. The number of alkyl halides is 3. The Morgan fingerprint density at radius 1 is 1.26 bits per heavy atom. The molecule has 0 aliphatic rings. The minimum Gasteiger partial charge on any atom is -0.272 e. The van der Waals surface area contributed by atoms with Gasteiger partial charge in [-0.15, -0.1) is 0 Å². The van der Waals surface area contributed by atoms with Crippen molar-refractivity contribution in [2.24, 2.45) is 0 Å². The molecule has 1 heterocycles. The maximum absolute atomic E-state index is 12.8. The molecule has 0 saturated carbocycles. The lowest BCUT2D eigenvalue weighted by Crippen LogP contribution is -2.07. The normalized spacial score (nSPS) is 11.6. The van der Waals surface area contributed by atoms with Gasteiger partial charge >= 0.3 is 6.18 Å². The molecular formula is C10H5BrF3N3O2. The topological polar surface area (TPSA) is 71.8 Å². The number of nitro benzene ring substituents is 1. The molecule has 1 aromatic carbocycles. The van der Waals surface area contributed by atoms with Gasteiger partial charge in [-0.2, -0.15) is 18.3 Å². The number of aromatic nitrogens is 2. The van der Waals surface area contributed by atoms with Crippen LogP contribution in [0.15, 0.2) is 28.9 Å². The van der Waals surface area contributed by atoms with Crippen LogP contribution in [0.25, 0.3) is 11.1 Å². The van der Waals surface area contributed by atoms with E-state index >= 15 is 0 Å². The molecule has 0 saturated heterocycles. The van der Waals surface area contributed by atoms with Gasteiger partial charge < -0.3 is 0 Å². The van der Waals surface area contributed by atoms with Crippen molar-refractivity contribution < 1.29 is 18.1 Å². The summed E-state index contributed by atoms with van der Waals surface area (Å²) in [5.74, 6) is 0. The van der Waals surface area contributed by atoms with E-state index in [0.29, 0.717) is 0 Å². The van der Waals surface area contributed by atoms with Gasteiger partial charge in [-0.25, -0.2) is 0 Å². The van der Waals surface area contributed by atoms with Crippen molar-refractivity contribution in [3.8, 4) is 11.1 Å². The first kappa shape index (κ1) is 13.5. The number of rotatable bonds is 2. The highest BCUT2D eigenvalue weighted by molar-refractivity contribution is 9.10. The number of hydrogen-bond donors (Lipinski definition) is 1. The summed E-state index contributed by atoms with van der Waals surface area (Å²) < 4.78 is 38.3. The van der Waals surface area contributed by atoms with Crippen molar-refractivity contribution in [1.29, 1.82) is 0 Å². The van der Waals surface area contributed by atoms with Crippen LogP contribution in [0.5, 0.6) is 0 Å². The second-order valence-corrected chi connectivity index (χ2v) is 4.32. The van der Waals surface area contributed by atoms with Crippen molar-refractivity contribution in [2.45, 2.75) is 6.18 Å². The molecule has 2 aromatic rings. The number of hydrogen-bond acceptors (Lipinski definition) is 3. The van der Waals surface area contributed by atoms with Gasteiger partial charge in [-0.3, -0.25) is 15.2 Å². The predicted molar refractivity (Wildman–Crippen MR) is 63.4 cm³/mol. The molecule has 2 rings (SSSR count). The fraction of sp³-hybridized carbons (Fsp3) is 0.100. The molecular weight excluding hydrogens is 331 g/mol. The number of nitrogens with one attached hydrogen (secondary N) is 1. The Bertz CT molecular complexity index is 622. The van der Waals surface area contributed by atoms with Crippen LogP contribution in [-0.4, -0.2) is 15.1 Å². The third-order valence-corrected chi connectivity index (χ3v) is 2.95. The van der Waals surface area contributed by atoms with Crippen LogP contribution in [0.1, 0.15) is 5.69 Å². The van der Waals surface area contributed by atoms with E-state index in [1.807, 2.05) is 5.10 Å². The minimum atomic E-state index is -4.59. The lowest BCUT2D eigenvalue weighted by molar-refractivity contribution is -0.384. The summed E-state index contributed by atoms with van der Waals surface area (Å²) in [5, 5.41) is 15.8. The lowest BCUT2D eigenvalue weighted by atomic mass is 10.1. The Hall–Kier alpha value is -1.90. The van der Waals surface area contributed by atoms with Crippen molar-refractivity contribution in [2.75, 3.05) is 0 Å². The molecule has 0 bridgehead atoms. The summed E-state index contributed by atoms with van der Waals surface area (Å²) in [4.78, 5) is 9.86. The first-order chi connectivity index (χ1) is 8.80. The van der Waals surface area contributed by atoms with Crippen LogP contribution >= 0.6 is 15.9 Å². The van der Waals surface area contributed by atoms with Crippen LogP contribution in [0, 0.1) is 10.1 Å². The number of nitrogens with zero attached hydrogens (tertiary/aromatic N) is 2. The minimum absolute atomic E-state index is 0.00585. The fourth-order valence-corrected chi connectivity index (χ4v) is 2.05. The molecule has 19 heavy (non-hydrogen) atoms. The van der Waals surface area contributed by atoms with E-state index in [-0.39, 0.29) is 21.4 Å². The van der Waals surface area contributed by atoms with Crippen molar-refractivity contribution in [1.82, 2.24) is 10.2 Å². The third kappa shape index (κ3) is 2.60. The maximum atomic E-state index is 12.8. The van der Waals surface area contributed by atoms with Gasteiger partial charge in [0.25, 0.3) is 5.69 Å². The van der Waals surface area contributed by atoms with Gasteiger partial charge in [0, 0.05) is 17.7 Å². The highest BCUT2D eigenvalue weighted by Gasteiger charge is 2.37. The summed E-state index contributed by atoms with van der Waals surface area (Å²) >= 11 is 2.92. The monoisotopic (exact) mass is 335 g/mol. The number of non-ortho nitro benzene ring substituents is 1. The number of halogens is 4. The molecule has 0 atom stereocenters. The molecule has 5 nitrogen and oxygen atoms in total. The van der Waals surface area contributed by atoms with Crippen molar-refractivity contribution in [3.05, 3.63) is 44.7 Å². The Balaban J connectivity index is 2.53. The summed E-state index contributed by atoms with van der Waals surface area (Å²) in [6, 6.07) is 4.75. The molecule has 0 unspecified atom stereocenters. The summed E-state index contributed by atoms with van der Waals surface area (Å²) in [6.45, 7) is 0. The summed E-state index contributed by atoms with van der Waals surface area (Å²) in [7, 11) is 0. The molecule has 0 aliphatic carbocycles. The van der Waals surface area contributed by atoms with E-state index in [0.717, 1.165) is 12.1 Å². The molecule has 0 radical (unpaired) electrons. The zero-order valence-electron chi connectivity index (χ0n) is 9.03. The molecule has 100 valence electrons. The highest BCUT2D eigenvalue weighted by atomic mass is 79.9. The van der Waals surface area contributed by atoms with Gasteiger partial charge in [0.1, 0.15) is 10.3 Å². The smallest absolute Gasteiger partial charge is 0.272 e. The number of H-pyrrole nitrogens is 1. The molecule has 9 heteroatoms. The van der Waals surface area contributed by atoms with Crippen LogP contribution in [0.3, 0.4) is 0 Å². The summed E-state index contributed by atoms with van der Waals surface area (Å²) in [5.41, 5.74) is -1.20. The Kier molecular flexibility index (Phi) is 3.31. The van der Waals surface area contributed by atoms with Gasteiger partial charge in [-0.1, -0.05) is 0 Å².